The van der Waals surface area contributed by atoms with E-state index >= 15 is 0 Å². The van der Waals surface area contributed by atoms with Gasteiger partial charge in [0.1, 0.15) is 5.75 Å². The molecule has 4 aromatic carbocycles. The lowest BCUT2D eigenvalue weighted by Gasteiger charge is -2.24. The van der Waals surface area contributed by atoms with Crippen LogP contribution in [0.4, 0.5) is 17.1 Å². The molecule has 5 nitrogen and oxygen atoms in total. The number of methoxy groups -OCH3 is 1. The third-order valence-electron chi connectivity index (χ3n) is 6.61. The lowest BCUT2D eigenvalue weighted by atomic mass is 9.97. The van der Waals surface area contributed by atoms with Crippen molar-refractivity contribution in [1.82, 2.24) is 4.98 Å². The molecule has 0 bridgehead atoms. The molecule has 37 heavy (non-hydrogen) atoms. The van der Waals surface area contributed by atoms with Crippen LogP contribution in [-0.4, -0.2) is 17.8 Å². The summed E-state index contributed by atoms with van der Waals surface area (Å²) in [4.78, 5) is 4.46. The van der Waals surface area contributed by atoms with Crippen LogP contribution in [0.2, 0.25) is 5.02 Å². The monoisotopic (exact) mass is 504 g/mol. The predicted octanol–water partition coefficient (Wildman–Crippen LogP) is 8.00. The van der Waals surface area contributed by atoms with E-state index in [1.54, 1.807) is 13.3 Å². The molecule has 1 atom stereocenters. The summed E-state index contributed by atoms with van der Waals surface area (Å²) in [6.45, 7) is 0. The minimum absolute atomic E-state index is 0.0641. The quantitative estimate of drug-likeness (QED) is 0.254. The SMILES string of the molecule is COc1ccc(C2=NN(c3ccccc3)C(c3cccc(Nc4ccnc5cc(Cl)ccc45)c3)C2)cc1. The van der Waals surface area contributed by atoms with Crippen molar-refractivity contribution in [3.8, 4) is 5.75 Å². The molecule has 0 spiro atoms. The molecule has 0 saturated heterocycles. The van der Waals surface area contributed by atoms with Gasteiger partial charge in [-0.3, -0.25) is 9.99 Å². The number of rotatable bonds is 6. The predicted molar refractivity (Wildman–Crippen MR) is 152 cm³/mol. The average molecular weight is 505 g/mol. The van der Waals surface area contributed by atoms with Gasteiger partial charge in [-0.1, -0.05) is 41.9 Å². The molecular formula is C31H25ClN4O. The van der Waals surface area contributed by atoms with Gasteiger partial charge in [0.15, 0.2) is 0 Å². The maximum Gasteiger partial charge on any atom is 0.118 e. The summed E-state index contributed by atoms with van der Waals surface area (Å²) < 4.78 is 5.34. The number of ether oxygens (including phenoxy) is 1. The first-order valence-electron chi connectivity index (χ1n) is 12.2. The van der Waals surface area contributed by atoms with Crippen LogP contribution in [0.5, 0.6) is 5.75 Å². The molecule has 0 fully saturated rings. The molecule has 1 N–H and O–H groups in total. The van der Waals surface area contributed by atoms with E-state index in [4.69, 9.17) is 21.4 Å². The zero-order valence-electron chi connectivity index (χ0n) is 20.3. The summed E-state index contributed by atoms with van der Waals surface area (Å²) in [5, 5.41) is 12.5. The number of halogens is 1. The molecule has 0 saturated carbocycles. The zero-order valence-corrected chi connectivity index (χ0v) is 21.1. The zero-order chi connectivity index (χ0) is 25.2. The van der Waals surface area contributed by atoms with Crippen molar-refractivity contribution in [1.29, 1.82) is 0 Å². The fraction of sp³-hybridized carbons (Fsp3) is 0.0968. The van der Waals surface area contributed by atoms with E-state index in [2.05, 4.69) is 63.8 Å². The van der Waals surface area contributed by atoms with Crippen LogP contribution in [-0.2, 0) is 0 Å². The molecule has 6 rings (SSSR count). The number of anilines is 3. The van der Waals surface area contributed by atoms with Crippen LogP contribution in [0, 0.1) is 0 Å². The van der Waals surface area contributed by atoms with Gasteiger partial charge < -0.3 is 10.1 Å². The van der Waals surface area contributed by atoms with Gasteiger partial charge in [0.2, 0.25) is 0 Å². The van der Waals surface area contributed by atoms with Crippen molar-refractivity contribution >= 4 is 45.3 Å². The Kier molecular flexibility index (Phi) is 6.21. The number of aromatic nitrogens is 1. The lowest BCUT2D eigenvalue weighted by molar-refractivity contribution is 0.415. The standard InChI is InChI=1S/C31H25ClN4O/c1-37-26-13-10-21(11-14-26)29-20-31(36(35-29)25-8-3-2-4-9-25)22-6-5-7-24(18-22)34-28-16-17-33-30-19-23(32)12-15-27(28)30/h2-19,31H,20H2,1H3,(H,33,34). The van der Waals surface area contributed by atoms with Crippen molar-refractivity contribution < 1.29 is 4.74 Å². The summed E-state index contributed by atoms with van der Waals surface area (Å²) in [7, 11) is 1.68. The van der Waals surface area contributed by atoms with E-state index in [0.29, 0.717) is 5.02 Å². The first-order valence-corrected chi connectivity index (χ1v) is 12.5. The molecule has 1 aliphatic heterocycles. The number of fused-ring (bicyclic) bond motifs is 1. The molecule has 2 heterocycles. The molecule has 1 aromatic heterocycles. The van der Waals surface area contributed by atoms with Crippen molar-refractivity contribution in [2.24, 2.45) is 5.10 Å². The van der Waals surface area contributed by atoms with E-state index in [1.807, 2.05) is 54.6 Å². The Balaban J connectivity index is 1.33. The van der Waals surface area contributed by atoms with E-state index in [1.165, 1.54) is 5.56 Å². The molecule has 5 aromatic rings. The van der Waals surface area contributed by atoms with Crippen LogP contribution < -0.4 is 15.1 Å². The minimum atomic E-state index is 0.0641. The Morgan fingerprint density at radius 2 is 1.73 bits per heavy atom. The third-order valence-corrected chi connectivity index (χ3v) is 6.84. The highest BCUT2D eigenvalue weighted by Gasteiger charge is 2.30. The van der Waals surface area contributed by atoms with Gasteiger partial charge in [-0.25, -0.2) is 0 Å². The van der Waals surface area contributed by atoms with E-state index in [0.717, 1.165) is 51.4 Å². The molecule has 1 aliphatic rings. The first kappa shape index (κ1) is 23.1. The van der Waals surface area contributed by atoms with Crippen molar-refractivity contribution in [2.45, 2.75) is 12.5 Å². The van der Waals surface area contributed by atoms with Gasteiger partial charge in [-0.2, -0.15) is 5.10 Å². The summed E-state index contributed by atoms with van der Waals surface area (Å²) in [6.07, 6.45) is 2.59. The highest BCUT2D eigenvalue weighted by atomic mass is 35.5. The maximum atomic E-state index is 6.18. The van der Waals surface area contributed by atoms with Gasteiger partial charge in [-0.05, 0) is 83.9 Å². The van der Waals surface area contributed by atoms with E-state index < -0.39 is 0 Å². The van der Waals surface area contributed by atoms with Crippen LogP contribution in [0.3, 0.4) is 0 Å². The van der Waals surface area contributed by atoms with Crippen molar-refractivity contribution in [2.75, 3.05) is 17.4 Å². The second kappa shape index (κ2) is 9.96. The molecule has 0 aliphatic carbocycles. The van der Waals surface area contributed by atoms with Gasteiger partial charge in [0.05, 0.1) is 30.1 Å². The molecule has 0 amide bonds. The second-order valence-corrected chi connectivity index (χ2v) is 9.38. The highest BCUT2D eigenvalue weighted by Crippen LogP contribution is 2.38. The first-order chi connectivity index (χ1) is 18.2. The molecular weight excluding hydrogens is 480 g/mol. The Bertz CT molecular complexity index is 1580. The Morgan fingerprint density at radius 1 is 0.892 bits per heavy atom. The van der Waals surface area contributed by atoms with E-state index in [-0.39, 0.29) is 6.04 Å². The molecule has 6 heteroatoms. The number of benzene rings is 4. The fourth-order valence-corrected chi connectivity index (χ4v) is 4.92. The Hall–Kier alpha value is -4.35. The highest BCUT2D eigenvalue weighted by molar-refractivity contribution is 6.31. The van der Waals surface area contributed by atoms with Gasteiger partial charge in [0, 0.05) is 34.4 Å². The van der Waals surface area contributed by atoms with Gasteiger partial charge in [-0.15, -0.1) is 0 Å². The maximum absolute atomic E-state index is 6.18. The summed E-state index contributed by atoms with van der Waals surface area (Å²) in [5.74, 6) is 0.837. The second-order valence-electron chi connectivity index (χ2n) is 8.95. The molecule has 0 radical (unpaired) electrons. The minimum Gasteiger partial charge on any atom is -0.497 e. The number of hydrogen-bond acceptors (Lipinski definition) is 5. The van der Waals surface area contributed by atoms with Gasteiger partial charge in [0.25, 0.3) is 0 Å². The number of hydrazone groups is 1. The number of nitrogens with one attached hydrogen (secondary N) is 1. The lowest BCUT2D eigenvalue weighted by Crippen LogP contribution is -2.18. The summed E-state index contributed by atoms with van der Waals surface area (Å²) in [6, 6.07) is 34.8. The number of hydrogen-bond donors (Lipinski definition) is 1. The largest absolute Gasteiger partial charge is 0.497 e. The van der Waals surface area contributed by atoms with Crippen LogP contribution >= 0.6 is 11.6 Å². The van der Waals surface area contributed by atoms with E-state index in [9.17, 15) is 0 Å². The average Bonchev–Trinajstić information content (AvgIpc) is 3.39. The number of nitrogens with zero attached hydrogens (tertiary/aromatic N) is 3. The van der Waals surface area contributed by atoms with Crippen molar-refractivity contribution in [3.05, 3.63) is 125 Å². The Morgan fingerprint density at radius 3 is 2.54 bits per heavy atom. The smallest absolute Gasteiger partial charge is 0.118 e. The summed E-state index contributed by atoms with van der Waals surface area (Å²) >= 11 is 6.18. The molecule has 1 unspecified atom stereocenters. The van der Waals surface area contributed by atoms with Crippen LogP contribution in [0.25, 0.3) is 10.9 Å². The Labute approximate surface area is 221 Å². The van der Waals surface area contributed by atoms with Crippen molar-refractivity contribution in [3.63, 3.8) is 0 Å². The number of para-hydroxylation sites is 1. The number of pyridine rings is 1. The fourth-order valence-electron chi connectivity index (χ4n) is 4.76. The normalized spacial score (nSPS) is 15.0. The van der Waals surface area contributed by atoms with Gasteiger partial charge >= 0.3 is 0 Å². The topological polar surface area (TPSA) is 49.8 Å². The van der Waals surface area contributed by atoms with Crippen LogP contribution in [0.15, 0.2) is 114 Å². The van der Waals surface area contributed by atoms with Crippen LogP contribution in [0.1, 0.15) is 23.6 Å². The molecule has 182 valence electrons. The summed E-state index contributed by atoms with van der Waals surface area (Å²) in [5.41, 5.74) is 7.24. The third kappa shape index (κ3) is 4.74.